The molecule has 0 aliphatic rings. The Morgan fingerprint density at radius 1 is 1.11 bits per heavy atom. The molecule has 1 N–H and O–H groups in total. The number of aryl methyl sites for hydroxylation is 1. The fourth-order valence-corrected chi connectivity index (χ4v) is 5.23. The molecule has 2 aromatic carbocycles. The number of rotatable bonds is 10. The van der Waals surface area contributed by atoms with Crippen molar-refractivity contribution >= 4 is 34.1 Å². The number of carbonyl (C=O) groups is 1. The number of hydrogen-bond acceptors (Lipinski definition) is 7. The van der Waals surface area contributed by atoms with Gasteiger partial charge in [-0.25, -0.2) is 9.37 Å². The Morgan fingerprint density at radius 3 is 2.56 bits per heavy atom. The van der Waals surface area contributed by atoms with Crippen LogP contribution in [0.15, 0.2) is 59.8 Å². The van der Waals surface area contributed by atoms with E-state index in [4.69, 9.17) is 4.74 Å². The van der Waals surface area contributed by atoms with Crippen molar-refractivity contribution in [3.63, 3.8) is 0 Å². The smallest absolute Gasteiger partial charge is 0.236 e. The number of nitrogens with zero attached hydrogens (tertiary/aromatic N) is 4. The predicted octanol–water partition coefficient (Wildman–Crippen LogP) is 6.38. The van der Waals surface area contributed by atoms with Gasteiger partial charge in [-0.2, -0.15) is 0 Å². The van der Waals surface area contributed by atoms with E-state index in [0.29, 0.717) is 28.6 Å². The molecule has 0 radical (unpaired) electrons. The Balaban J connectivity index is 1.43. The number of thiazole rings is 1. The van der Waals surface area contributed by atoms with Crippen molar-refractivity contribution in [2.75, 3.05) is 11.1 Å². The van der Waals surface area contributed by atoms with Gasteiger partial charge in [0.15, 0.2) is 33.8 Å². The van der Waals surface area contributed by atoms with Gasteiger partial charge < -0.3 is 14.6 Å². The highest BCUT2D eigenvalue weighted by atomic mass is 32.2. The Labute approximate surface area is 218 Å². The summed E-state index contributed by atoms with van der Waals surface area (Å²) in [6, 6.07) is 16.2. The molecule has 188 valence electrons. The number of halogens is 1. The third kappa shape index (κ3) is 6.30. The van der Waals surface area contributed by atoms with E-state index in [1.165, 1.54) is 29.2 Å². The van der Waals surface area contributed by atoms with Crippen molar-refractivity contribution in [2.24, 2.45) is 5.92 Å². The van der Waals surface area contributed by atoms with Crippen molar-refractivity contribution in [3.05, 3.63) is 71.1 Å². The van der Waals surface area contributed by atoms with Crippen LogP contribution in [0.2, 0.25) is 0 Å². The van der Waals surface area contributed by atoms with Gasteiger partial charge >= 0.3 is 0 Å². The van der Waals surface area contributed by atoms with Crippen LogP contribution in [0.1, 0.15) is 37.6 Å². The van der Waals surface area contributed by atoms with E-state index < -0.39 is 11.9 Å². The molecule has 4 rings (SSSR count). The highest BCUT2D eigenvalue weighted by Gasteiger charge is 2.22. The van der Waals surface area contributed by atoms with E-state index in [0.717, 1.165) is 16.1 Å². The number of hydrogen-bond donors (Lipinski definition) is 1. The van der Waals surface area contributed by atoms with Gasteiger partial charge in [0.1, 0.15) is 0 Å². The SMILES string of the molecule is Cc1sc(NC(=O)CSc2nnc(C(C)Oc3ccccc3F)n2CC(C)C)nc1-c1ccccc1. The number of anilines is 1. The fraction of sp³-hybridized carbons (Fsp3) is 0.308. The highest BCUT2D eigenvalue weighted by molar-refractivity contribution is 7.99. The summed E-state index contributed by atoms with van der Waals surface area (Å²) in [5, 5.41) is 12.7. The number of aromatic nitrogens is 4. The predicted molar refractivity (Wildman–Crippen MR) is 142 cm³/mol. The first-order valence-electron chi connectivity index (χ1n) is 11.6. The van der Waals surface area contributed by atoms with Gasteiger partial charge in [-0.3, -0.25) is 4.79 Å². The second-order valence-corrected chi connectivity index (χ2v) is 10.8. The van der Waals surface area contributed by atoms with Crippen LogP contribution in [0.5, 0.6) is 5.75 Å². The summed E-state index contributed by atoms with van der Waals surface area (Å²) in [6.07, 6.45) is -0.522. The second-order valence-electron chi connectivity index (χ2n) is 8.66. The lowest BCUT2D eigenvalue weighted by Gasteiger charge is -2.18. The average Bonchev–Trinajstić information content (AvgIpc) is 3.42. The van der Waals surface area contributed by atoms with Gasteiger partial charge in [-0.1, -0.05) is 68.1 Å². The van der Waals surface area contributed by atoms with Crippen molar-refractivity contribution < 1.29 is 13.9 Å². The number of ether oxygens (including phenoxy) is 1. The minimum Gasteiger partial charge on any atom is -0.480 e. The lowest BCUT2D eigenvalue weighted by atomic mass is 10.1. The molecule has 0 saturated heterocycles. The van der Waals surface area contributed by atoms with E-state index >= 15 is 0 Å². The Hall–Kier alpha value is -3.24. The van der Waals surface area contributed by atoms with Crippen LogP contribution in [0.3, 0.4) is 0 Å². The monoisotopic (exact) mass is 525 g/mol. The van der Waals surface area contributed by atoms with Crippen molar-refractivity contribution in [3.8, 4) is 17.0 Å². The molecule has 1 amide bonds. The average molecular weight is 526 g/mol. The summed E-state index contributed by atoms with van der Waals surface area (Å²) in [6.45, 7) is 8.61. The van der Waals surface area contributed by atoms with Gasteiger partial charge in [-0.15, -0.1) is 21.5 Å². The molecule has 10 heteroatoms. The maximum absolute atomic E-state index is 14.1. The van der Waals surface area contributed by atoms with Gasteiger partial charge in [0.2, 0.25) is 5.91 Å². The molecular weight excluding hydrogens is 497 g/mol. The second kappa shape index (κ2) is 11.7. The minimum atomic E-state index is -0.522. The van der Waals surface area contributed by atoms with E-state index in [2.05, 4.69) is 34.3 Å². The van der Waals surface area contributed by atoms with Gasteiger partial charge in [0, 0.05) is 17.0 Å². The molecule has 36 heavy (non-hydrogen) atoms. The number of nitrogens with one attached hydrogen (secondary N) is 1. The standard InChI is InChI=1S/C26H28FN5O2S2/c1-16(2)14-32-24(17(3)34-21-13-9-8-12-20(21)27)30-31-26(32)35-15-22(33)28-25-29-23(18(4)36-25)19-10-6-5-7-11-19/h5-13,16-17H,14-15H2,1-4H3,(H,28,29,33). The number of benzene rings is 2. The molecule has 0 saturated carbocycles. The molecule has 2 aromatic heterocycles. The number of carbonyl (C=O) groups excluding carboxylic acids is 1. The largest absolute Gasteiger partial charge is 0.480 e. The molecule has 1 unspecified atom stereocenters. The normalized spacial score (nSPS) is 12.1. The molecule has 4 aromatic rings. The molecule has 0 fully saturated rings. The molecule has 1 atom stereocenters. The zero-order chi connectivity index (χ0) is 25.7. The summed E-state index contributed by atoms with van der Waals surface area (Å²) in [7, 11) is 0. The van der Waals surface area contributed by atoms with Crippen LogP contribution in [0.4, 0.5) is 9.52 Å². The maximum Gasteiger partial charge on any atom is 0.236 e. The summed E-state index contributed by atoms with van der Waals surface area (Å²) < 4.78 is 21.8. The lowest BCUT2D eigenvalue weighted by Crippen LogP contribution is -2.17. The van der Waals surface area contributed by atoms with Gasteiger partial charge in [0.25, 0.3) is 0 Å². The number of para-hydroxylation sites is 1. The molecule has 7 nitrogen and oxygen atoms in total. The van der Waals surface area contributed by atoms with Crippen molar-refractivity contribution in [1.82, 2.24) is 19.7 Å². The highest BCUT2D eigenvalue weighted by Crippen LogP contribution is 2.31. The Bertz CT molecular complexity index is 1320. The minimum absolute atomic E-state index is 0.151. The number of amides is 1. The topological polar surface area (TPSA) is 81.9 Å². The van der Waals surface area contributed by atoms with Crippen LogP contribution in [-0.4, -0.2) is 31.4 Å². The number of thioether (sulfide) groups is 1. The van der Waals surface area contributed by atoms with Crippen LogP contribution in [0, 0.1) is 18.7 Å². The van der Waals surface area contributed by atoms with Gasteiger partial charge in [0.05, 0.1) is 11.4 Å². The Morgan fingerprint density at radius 2 is 1.83 bits per heavy atom. The van der Waals surface area contributed by atoms with Crippen molar-refractivity contribution in [2.45, 2.75) is 45.5 Å². The van der Waals surface area contributed by atoms with Gasteiger partial charge in [-0.05, 0) is 31.9 Å². The summed E-state index contributed by atoms with van der Waals surface area (Å²) in [5.74, 6) is 0.591. The molecular formula is C26H28FN5O2S2. The quantitative estimate of drug-likeness (QED) is 0.242. The van der Waals surface area contributed by atoms with E-state index in [9.17, 15) is 9.18 Å². The summed E-state index contributed by atoms with van der Waals surface area (Å²) in [4.78, 5) is 18.3. The van der Waals surface area contributed by atoms with Crippen LogP contribution >= 0.6 is 23.1 Å². The zero-order valence-corrected chi connectivity index (χ0v) is 22.2. The summed E-state index contributed by atoms with van der Waals surface area (Å²) >= 11 is 2.74. The van der Waals surface area contributed by atoms with E-state index in [1.54, 1.807) is 18.2 Å². The molecule has 2 heterocycles. The molecule has 0 aliphatic heterocycles. The molecule has 0 bridgehead atoms. The maximum atomic E-state index is 14.1. The Kier molecular flexibility index (Phi) is 8.37. The summed E-state index contributed by atoms with van der Waals surface area (Å²) in [5.41, 5.74) is 1.89. The van der Waals surface area contributed by atoms with E-state index in [-0.39, 0.29) is 17.4 Å². The molecule has 0 aliphatic carbocycles. The third-order valence-electron chi connectivity index (χ3n) is 5.22. The first-order valence-corrected chi connectivity index (χ1v) is 13.4. The van der Waals surface area contributed by atoms with Crippen molar-refractivity contribution in [1.29, 1.82) is 0 Å². The first-order chi connectivity index (χ1) is 17.3. The third-order valence-corrected chi connectivity index (χ3v) is 7.07. The first kappa shape index (κ1) is 25.8. The van der Waals surface area contributed by atoms with Crippen LogP contribution < -0.4 is 10.1 Å². The zero-order valence-electron chi connectivity index (χ0n) is 20.6. The van der Waals surface area contributed by atoms with Crippen LogP contribution in [-0.2, 0) is 11.3 Å². The van der Waals surface area contributed by atoms with Crippen LogP contribution in [0.25, 0.3) is 11.3 Å². The van der Waals surface area contributed by atoms with E-state index in [1.807, 2.05) is 48.7 Å². The fourth-order valence-electron chi connectivity index (χ4n) is 3.63. The lowest BCUT2D eigenvalue weighted by molar-refractivity contribution is -0.113. The molecule has 0 spiro atoms.